The second-order valence-corrected chi connectivity index (χ2v) is 4.51. The van der Waals surface area contributed by atoms with Gasteiger partial charge in [0.05, 0.1) is 9.40 Å². The van der Waals surface area contributed by atoms with Crippen LogP contribution >= 0.6 is 15.9 Å². The molecular weight excluding hydrogens is 281 g/mol. The number of hydrogen-bond acceptors (Lipinski definition) is 4. The van der Waals surface area contributed by atoms with Crippen LogP contribution in [0.25, 0.3) is 0 Å². The van der Waals surface area contributed by atoms with Gasteiger partial charge in [0.2, 0.25) is 0 Å². The highest BCUT2D eigenvalue weighted by atomic mass is 79.9. The van der Waals surface area contributed by atoms with Gasteiger partial charge in [0, 0.05) is 6.07 Å². The van der Waals surface area contributed by atoms with Crippen LogP contribution in [0.1, 0.15) is 0 Å². The molecule has 0 heterocycles. The Morgan fingerprint density at radius 1 is 1.43 bits per heavy atom. The largest absolute Gasteiger partial charge is 0.332 e. The zero-order valence-electron chi connectivity index (χ0n) is 6.48. The number of benzene rings is 1. The van der Waals surface area contributed by atoms with Crippen LogP contribution in [0.2, 0.25) is 0 Å². The molecular formula is C6H3BrFNO4S. The predicted octanol–water partition coefficient (Wildman–Crippen LogP) is 2.02. The molecule has 76 valence electrons. The van der Waals surface area contributed by atoms with E-state index in [1.165, 1.54) is 0 Å². The van der Waals surface area contributed by atoms with Crippen LogP contribution in [-0.4, -0.2) is 13.3 Å². The Balaban J connectivity index is 3.34. The first-order valence-corrected chi connectivity index (χ1v) is 5.38. The van der Waals surface area contributed by atoms with Gasteiger partial charge in [-0.15, -0.1) is 3.89 Å². The van der Waals surface area contributed by atoms with Gasteiger partial charge in [0.15, 0.2) is 0 Å². The first-order chi connectivity index (χ1) is 6.32. The molecule has 0 aliphatic heterocycles. The molecule has 0 bridgehead atoms. The Hall–Kier alpha value is -1.02. The minimum absolute atomic E-state index is 0.0822. The highest BCUT2D eigenvalue weighted by Gasteiger charge is 2.17. The second-order valence-electron chi connectivity index (χ2n) is 2.31. The zero-order valence-corrected chi connectivity index (χ0v) is 8.88. The maximum absolute atomic E-state index is 12.4. The number of halogens is 2. The van der Waals surface area contributed by atoms with E-state index in [4.69, 9.17) is 0 Å². The number of hydrogen-bond donors (Lipinski definition) is 0. The smallest absolute Gasteiger partial charge is 0.258 e. The van der Waals surface area contributed by atoms with E-state index in [-0.39, 0.29) is 10.2 Å². The van der Waals surface area contributed by atoms with E-state index in [9.17, 15) is 22.4 Å². The molecule has 14 heavy (non-hydrogen) atoms. The molecule has 8 heteroatoms. The van der Waals surface area contributed by atoms with Gasteiger partial charge < -0.3 is 0 Å². The van der Waals surface area contributed by atoms with Crippen molar-refractivity contribution in [2.24, 2.45) is 0 Å². The molecule has 0 aromatic heterocycles. The molecule has 0 amide bonds. The minimum atomic E-state index is -4.82. The number of nitro groups is 1. The monoisotopic (exact) mass is 283 g/mol. The van der Waals surface area contributed by atoms with Crippen molar-refractivity contribution in [3.8, 4) is 0 Å². The molecule has 5 nitrogen and oxygen atoms in total. The summed E-state index contributed by atoms with van der Waals surface area (Å²) in [6.07, 6.45) is 0. The van der Waals surface area contributed by atoms with E-state index >= 15 is 0 Å². The molecule has 1 rings (SSSR count). The molecule has 0 fully saturated rings. The summed E-state index contributed by atoms with van der Waals surface area (Å²) in [6.45, 7) is 0. The summed E-state index contributed by atoms with van der Waals surface area (Å²) in [7, 11) is -4.82. The van der Waals surface area contributed by atoms with Crippen molar-refractivity contribution in [1.29, 1.82) is 0 Å². The van der Waals surface area contributed by atoms with Crippen LogP contribution in [0, 0.1) is 10.1 Å². The maximum atomic E-state index is 12.4. The van der Waals surface area contributed by atoms with E-state index in [0.29, 0.717) is 0 Å². The van der Waals surface area contributed by atoms with Crippen molar-refractivity contribution < 1.29 is 17.2 Å². The Bertz CT molecular complexity index is 487. The molecule has 1 aromatic carbocycles. The normalized spacial score (nSPS) is 11.3. The Morgan fingerprint density at radius 2 is 2.00 bits per heavy atom. The van der Waals surface area contributed by atoms with Gasteiger partial charge >= 0.3 is 10.2 Å². The Kier molecular flexibility index (Phi) is 2.86. The lowest BCUT2D eigenvalue weighted by molar-refractivity contribution is -0.385. The molecule has 0 unspecified atom stereocenters. The van der Waals surface area contributed by atoms with Crippen molar-refractivity contribution in [3.63, 3.8) is 0 Å². The summed E-state index contributed by atoms with van der Waals surface area (Å²) in [5.74, 6) is 0. The van der Waals surface area contributed by atoms with Crippen molar-refractivity contribution in [3.05, 3.63) is 32.8 Å². The molecule has 0 aliphatic rings. The van der Waals surface area contributed by atoms with Crippen molar-refractivity contribution in [2.75, 3.05) is 0 Å². The van der Waals surface area contributed by atoms with Crippen LogP contribution in [-0.2, 0) is 10.2 Å². The van der Waals surface area contributed by atoms with Crippen LogP contribution in [0.4, 0.5) is 9.57 Å². The van der Waals surface area contributed by atoms with Gasteiger partial charge in [0.1, 0.15) is 4.90 Å². The second kappa shape index (κ2) is 3.62. The molecule has 0 aliphatic carbocycles. The molecule has 0 radical (unpaired) electrons. The first kappa shape index (κ1) is 11.1. The number of nitro benzene ring substituents is 1. The third kappa shape index (κ3) is 2.26. The lowest BCUT2D eigenvalue weighted by atomic mass is 10.3. The number of nitrogens with zero attached hydrogens (tertiary/aromatic N) is 1. The van der Waals surface area contributed by atoms with Crippen LogP contribution in [0.15, 0.2) is 27.6 Å². The topological polar surface area (TPSA) is 77.3 Å². The summed E-state index contributed by atoms with van der Waals surface area (Å²) in [6, 6.07) is 2.59. The summed E-state index contributed by atoms with van der Waals surface area (Å²) < 4.78 is 33.2. The summed E-state index contributed by atoms with van der Waals surface area (Å²) in [5.41, 5.74) is -0.322. The first-order valence-electron chi connectivity index (χ1n) is 3.21. The van der Waals surface area contributed by atoms with Gasteiger partial charge in [-0.05, 0) is 28.1 Å². The Labute approximate surface area is 87.0 Å². The van der Waals surface area contributed by atoms with Crippen LogP contribution in [0.3, 0.4) is 0 Å². The SMILES string of the molecule is O=[N+]([O-])c1ccc(S(=O)(=O)F)cc1Br. The molecule has 0 atom stereocenters. The lowest BCUT2D eigenvalue weighted by Gasteiger charge is -1.97. The fourth-order valence-corrected chi connectivity index (χ4v) is 1.95. The van der Waals surface area contributed by atoms with Gasteiger partial charge in [0.25, 0.3) is 5.69 Å². The lowest BCUT2D eigenvalue weighted by Crippen LogP contribution is -1.94. The third-order valence-electron chi connectivity index (χ3n) is 1.40. The number of rotatable bonds is 2. The van der Waals surface area contributed by atoms with E-state index in [1.807, 2.05) is 0 Å². The molecule has 0 N–H and O–H groups in total. The summed E-state index contributed by atoms with van der Waals surface area (Å²) in [4.78, 5) is 8.99. The third-order valence-corrected chi connectivity index (χ3v) is 2.85. The highest BCUT2D eigenvalue weighted by Crippen LogP contribution is 2.27. The van der Waals surface area contributed by atoms with Crippen molar-refractivity contribution >= 4 is 31.8 Å². The molecule has 1 aromatic rings. The predicted molar refractivity (Wildman–Crippen MR) is 49.1 cm³/mol. The van der Waals surface area contributed by atoms with Gasteiger partial charge in [-0.25, -0.2) is 0 Å². The Morgan fingerprint density at radius 3 is 2.36 bits per heavy atom. The van der Waals surface area contributed by atoms with Gasteiger partial charge in [-0.1, -0.05) is 0 Å². The van der Waals surface area contributed by atoms with Crippen molar-refractivity contribution in [2.45, 2.75) is 4.90 Å². The average Bonchev–Trinajstić information content (AvgIpc) is 2.01. The minimum Gasteiger partial charge on any atom is -0.258 e. The summed E-state index contributed by atoms with van der Waals surface area (Å²) in [5, 5.41) is 10.3. The van der Waals surface area contributed by atoms with E-state index in [2.05, 4.69) is 15.9 Å². The van der Waals surface area contributed by atoms with E-state index < -0.39 is 20.0 Å². The van der Waals surface area contributed by atoms with Gasteiger partial charge in [-0.3, -0.25) is 10.1 Å². The fraction of sp³-hybridized carbons (Fsp3) is 0. The van der Waals surface area contributed by atoms with Crippen molar-refractivity contribution in [1.82, 2.24) is 0 Å². The van der Waals surface area contributed by atoms with Crippen LogP contribution < -0.4 is 0 Å². The van der Waals surface area contributed by atoms with Crippen LogP contribution in [0.5, 0.6) is 0 Å². The van der Waals surface area contributed by atoms with E-state index in [0.717, 1.165) is 18.2 Å². The standard InChI is InChI=1S/C6H3BrFNO4S/c7-5-3-4(14(8,12)13)1-2-6(5)9(10)11/h1-3H. The fourth-order valence-electron chi connectivity index (χ4n) is 0.787. The highest BCUT2D eigenvalue weighted by molar-refractivity contribution is 9.10. The van der Waals surface area contributed by atoms with Gasteiger partial charge in [-0.2, -0.15) is 8.42 Å². The molecule has 0 saturated heterocycles. The summed E-state index contributed by atoms with van der Waals surface area (Å²) >= 11 is 2.77. The molecule has 0 saturated carbocycles. The quantitative estimate of drug-likeness (QED) is 0.473. The zero-order chi connectivity index (χ0) is 10.9. The maximum Gasteiger partial charge on any atom is 0.332 e. The average molecular weight is 284 g/mol. The molecule has 0 spiro atoms. The van der Waals surface area contributed by atoms with E-state index in [1.54, 1.807) is 0 Å².